The first-order valence-corrected chi connectivity index (χ1v) is 7.35. The summed E-state index contributed by atoms with van der Waals surface area (Å²) in [5, 5.41) is 0. The predicted octanol–water partition coefficient (Wildman–Crippen LogP) is 1.32. The lowest BCUT2D eigenvalue weighted by Crippen LogP contribution is -2.41. The van der Waals surface area contributed by atoms with E-state index in [1.165, 1.54) is 0 Å². The molecule has 114 valence electrons. The predicted molar refractivity (Wildman–Crippen MR) is 79.5 cm³/mol. The lowest BCUT2D eigenvalue weighted by molar-refractivity contribution is 0.00578. The van der Waals surface area contributed by atoms with E-state index in [9.17, 15) is 4.39 Å². The second-order valence-corrected chi connectivity index (χ2v) is 6.74. The quantitative estimate of drug-likeness (QED) is 0.770. The topological polar surface area (TPSA) is 47.5 Å². The summed E-state index contributed by atoms with van der Waals surface area (Å²) in [7, 11) is -0.462. The van der Waals surface area contributed by atoms with E-state index in [-0.39, 0.29) is 11.2 Å². The van der Waals surface area contributed by atoms with Gasteiger partial charge in [-0.05, 0) is 34.1 Å². The Morgan fingerprint density at radius 1 is 1.19 bits per heavy atom. The number of rotatable bonds is 2. The van der Waals surface area contributed by atoms with Crippen LogP contribution in [0, 0.1) is 0 Å². The van der Waals surface area contributed by atoms with E-state index in [0.717, 1.165) is 5.46 Å². The van der Waals surface area contributed by atoms with Gasteiger partial charge in [0.25, 0.3) is 0 Å². The largest absolute Gasteiger partial charge is 0.498 e. The summed E-state index contributed by atoms with van der Waals surface area (Å²) >= 11 is 0. The molecule has 3 rings (SSSR count). The van der Waals surface area contributed by atoms with E-state index in [2.05, 4.69) is 9.97 Å². The average molecular weight is 293 g/mol. The second kappa shape index (κ2) is 4.92. The van der Waals surface area contributed by atoms with Gasteiger partial charge in [-0.25, -0.2) is 14.4 Å². The molecule has 7 heteroatoms. The summed E-state index contributed by atoms with van der Waals surface area (Å²) in [6, 6.07) is 0. The number of nitrogens with zero attached hydrogens (tertiary/aromatic N) is 3. The maximum atomic E-state index is 13.2. The van der Waals surface area contributed by atoms with E-state index >= 15 is 0 Å². The van der Waals surface area contributed by atoms with Gasteiger partial charge < -0.3 is 14.2 Å². The molecule has 0 aromatic carbocycles. The van der Waals surface area contributed by atoms with Crippen molar-refractivity contribution in [2.75, 3.05) is 18.0 Å². The molecule has 2 aliphatic rings. The first-order chi connectivity index (χ1) is 9.78. The molecule has 1 atom stereocenters. The summed E-state index contributed by atoms with van der Waals surface area (Å²) in [6.07, 6.45) is 3.17. The van der Waals surface area contributed by atoms with Crippen molar-refractivity contribution < 1.29 is 13.7 Å². The van der Waals surface area contributed by atoms with Crippen molar-refractivity contribution in [2.45, 2.75) is 51.5 Å². The number of aromatic nitrogens is 2. The van der Waals surface area contributed by atoms with Gasteiger partial charge in [-0.1, -0.05) is 0 Å². The van der Waals surface area contributed by atoms with Gasteiger partial charge in [0.1, 0.15) is 6.17 Å². The highest BCUT2D eigenvalue weighted by atomic mass is 19.1. The van der Waals surface area contributed by atoms with Crippen LogP contribution in [-0.4, -0.2) is 47.5 Å². The summed E-state index contributed by atoms with van der Waals surface area (Å²) in [5.41, 5.74) is 0.0211. The summed E-state index contributed by atoms with van der Waals surface area (Å²) in [6.45, 7) is 9.07. The minimum atomic E-state index is -0.781. The Morgan fingerprint density at radius 2 is 1.76 bits per heavy atom. The number of alkyl halides is 1. The van der Waals surface area contributed by atoms with Crippen molar-refractivity contribution in [3.63, 3.8) is 0 Å². The zero-order valence-corrected chi connectivity index (χ0v) is 13.0. The third-order valence-electron chi connectivity index (χ3n) is 4.60. The molecule has 0 radical (unpaired) electrons. The van der Waals surface area contributed by atoms with Crippen LogP contribution >= 0.6 is 0 Å². The van der Waals surface area contributed by atoms with Gasteiger partial charge in [-0.3, -0.25) is 0 Å². The van der Waals surface area contributed by atoms with Gasteiger partial charge in [0.15, 0.2) is 0 Å². The van der Waals surface area contributed by atoms with Crippen LogP contribution in [0.2, 0.25) is 0 Å². The molecule has 0 amide bonds. The van der Waals surface area contributed by atoms with E-state index in [1.807, 2.05) is 32.6 Å². The number of halogens is 1. The van der Waals surface area contributed by atoms with Gasteiger partial charge in [0, 0.05) is 24.4 Å². The minimum absolute atomic E-state index is 0.371. The van der Waals surface area contributed by atoms with Gasteiger partial charge in [-0.2, -0.15) is 0 Å². The maximum Gasteiger partial charge on any atom is 0.498 e. The fraction of sp³-hybridized carbons (Fsp3) is 0.714. The van der Waals surface area contributed by atoms with Crippen LogP contribution in [-0.2, 0) is 9.31 Å². The Balaban J connectivity index is 1.74. The molecule has 2 saturated heterocycles. The molecule has 21 heavy (non-hydrogen) atoms. The second-order valence-electron chi connectivity index (χ2n) is 6.74. The smallest absolute Gasteiger partial charge is 0.399 e. The van der Waals surface area contributed by atoms with Crippen molar-refractivity contribution in [1.29, 1.82) is 0 Å². The van der Waals surface area contributed by atoms with Gasteiger partial charge in [0.2, 0.25) is 5.95 Å². The number of hydrogen-bond acceptors (Lipinski definition) is 5. The lowest BCUT2D eigenvalue weighted by Gasteiger charge is -2.32. The standard InChI is InChI=1S/C14H21BFN3O2/c1-13(2)14(3,4)21-15(20-13)10-7-17-12(18-8-10)19-6-5-11(16)9-19/h7-8,11H,5-6,9H2,1-4H3. The third-order valence-corrected chi connectivity index (χ3v) is 4.60. The third kappa shape index (κ3) is 2.64. The van der Waals surface area contributed by atoms with E-state index in [0.29, 0.717) is 25.5 Å². The molecule has 1 unspecified atom stereocenters. The number of hydrogen-bond donors (Lipinski definition) is 0. The fourth-order valence-electron chi connectivity index (χ4n) is 2.49. The highest BCUT2D eigenvalue weighted by Gasteiger charge is 2.52. The molecule has 0 bridgehead atoms. The average Bonchev–Trinajstić information content (AvgIpc) is 2.92. The van der Waals surface area contributed by atoms with Crippen LogP contribution < -0.4 is 10.4 Å². The fourth-order valence-corrected chi connectivity index (χ4v) is 2.49. The molecule has 0 aliphatic carbocycles. The summed E-state index contributed by atoms with van der Waals surface area (Å²) < 4.78 is 25.1. The summed E-state index contributed by atoms with van der Waals surface area (Å²) in [4.78, 5) is 10.5. The van der Waals surface area contributed by atoms with Crippen LogP contribution in [0.5, 0.6) is 0 Å². The molecule has 0 N–H and O–H groups in total. The molecule has 1 aromatic heterocycles. The van der Waals surface area contributed by atoms with Gasteiger partial charge >= 0.3 is 7.12 Å². The number of anilines is 1. The molecule has 0 saturated carbocycles. The van der Waals surface area contributed by atoms with Crippen LogP contribution in [0.4, 0.5) is 10.3 Å². The van der Waals surface area contributed by atoms with Crippen LogP contribution in [0.1, 0.15) is 34.1 Å². The SMILES string of the molecule is CC1(C)OB(c2cnc(N3CCC(F)C3)nc2)OC1(C)C. The Morgan fingerprint density at radius 3 is 2.24 bits per heavy atom. The molecule has 1 aromatic rings. The van der Waals surface area contributed by atoms with Crippen LogP contribution in [0.25, 0.3) is 0 Å². The normalized spacial score (nSPS) is 27.4. The highest BCUT2D eigenvalue weighted by Crippen LogP contribution is 2.36. The van der Waals surface area contributed by atoms with Crippen molar-refractivity contribution in [1.82, 2.24) is 9.97 Å². The van der Waals surface area contributed by atoms with Crippen molar-refractivity contribution in [3.05, 3.63) is 12.4 Å². The van der Waals surface area contributed by atoms with Crippen LogP contribution in [0.3, 0.4) is 0 Å². The zero-order valence-electron chi connectivity index (χ0n) is 13.0. The molecule has 2 aliphatic heterocycles. The minimum Gasteiger partial charge on any atom is -0.399 e. The van der Waals surface area contributed by atoms with Crippen molar-refractivity contribution in [2.24, 2.45) is 0 Å². The Labute approximate surface area is 125 Å². The molecule has 3 heterocycles. The van der Waals surface area contributed by atoms with Gasteiger partial charge in [-0.15, -0.1) is 0 Å². The maximum absolute atomic E-state index is 13.2. The van der Waals surface area contributed by atoms with E-state index < -0.39 is 13.3 Å². The molecular weight excluding hydrogens is 272 g/mol. The molecular formula is C14H21BFN3O2. The molecule has 0 spiro atoms. The first-order valence-electron chi connectivity index (χ1n) is 7.35. The van der Waals surface area contributed by atoms with Crippen molar-refractivity contribution in [3.8, 4) is 0 Å². The Kier molecular flexibility index (Phi) is 3.45. The van der Waals surface area contributed by atoms with Crippen molar-refractivity contribution >= 4 is 18.5 Å². The Bertz CT molecular complexity index is 507. The highest BCUT2D eigenvalue weighted by molar-refractivity contribution is 6.61. The summed E-state index contributed by atoms with van der Waals surface area (Å²) in [5.74, 6) is 0.565. The molecule has 2 fully saturated rings. The Hall–Kier alpha value is -1.21. The molecule has 5 nitrogen and oxygen atoms in total. The van der Waals surface area contributed by atoms with E-state index in [4.69, 9.17) is 9.31 Å². The van der Waals surface area contributed by atoms with Gasteiger partial charge in [0.05, 0.1) is 17.7 Å². The monoisotopic (exact) mass is 293 g/mol. The lowest BCUT2D eigenvalue weighted by atomic mass is 9.81. The van der Waals surface area contributed by atoms with Crippen LogP contribution in [0.15, 0.2) is 12.4 Å². The zero-order chi connectivity index (χ0) is 15.3. The van der Waals surface area contributed by atoms with E-state index in [1.54, 1.807) is 12.4 Å². The first kappa shape index (κ1) is 14.7.